The number of para-hydroxylation sites is 1. The summed E-state index contributed by atoms with van der Waals surface area (Å²) in [5.74, 6) is 0.485. The first-order chi connectivity index (χ1) is 10.1. The third kappa shape index (κ3) is 4.06. The largest absolute Gasteiger partial charge is 0.361 e. The molecule has 1 N–H and O–H groups in total. The molecule has 0 fully saturated rings. The number of ketones is 1. The van der Waals surface area contributed by atoms with Crippen molar-refractivity contribution in [2.75, 3.05) is 5.32 Å². The molecule has 2 heteroatoms. The minimum Gasteiger partial charge on any atom is -0.361 e. The van der Waals surface area contributed by atoms with Gasteiger partial charge in [0, 0.05) is 23.5 Å². The number of nitrogens with one attached hydrogen (secondary N) is 1. The second kappa shape index (κ2) is 6.89. The van der Waals surface area contributed by atoms with Gasteiger partial charge in [0.25, 0.3) is 0 Å². The van der Waals surface area contributed by atoms with Crippen molar-refractivity contribution in [3.05, 3.63) is 77.5 Å². The number of allylic oxidation sites excluding steroid dienone is 1. The molecule has 21 heavy (non-hydrogen) atoms. The second-order valence-corrected chi connectivity index (χ2v) is 5.43. The molecule has 0 bridgehead atoms. The molecule has 0 radical (unpaired) electrons. The molecule has 2 aromatic carbocycles. The maximum absolute atomic E-state index is 12.1. The third-order valence-electron chi connectivity index (χ3n) is 3.48. The lowest BCUT2D eigenvalue weighted by Gasteiger charge is -2.05. The third-order valence-corrected chi connectivity index (χ3v) is 3.48. The zero-order valence-electron chi connectivity index (χ0n) is 12.8. The van der Waals surface area contributed by atoms with Gasteiger partial charge < -0.3 is 5.32 Å². The van der Waals surface area contributed by atoms with Crippen LogP contribution >= 0.6 is 0 Å². The van der Waals surface area contributed by atoms with Gasteiger partial charge in [0.2, 0.25) is 0 Å². The van der Waals surface area contributed by atoms with E-state index in [9.17, 15) is 4.79 Å². The van der Waals surface area contributed by atoms with Gasteiger partial charge in [0.1, 0.15) is 0 Å². The fraction of sp³-hybridized carbons (Fsp3) is 0.211. The predicted molar refractivity (Wildman–Crippen MR) is 88.8 cm³/mol. The first-order valence-electron chi connectivity index (χ1n) is 7.21. The van der Waals surface area contributed by atoms with Crippen LogP contribution in [0.25, 0.3) is 0 Å². The summed E-state index contributed by atoms with van der Waals surface area (Å²) >= 11 is 0. The van der Waals surface area contributed by atoms with Crippen LogP contribution in [0, 0.1) is 6.92 Å². The van der Waals surface area contributed by atoms with Crippen molar-refractivity contribution >= 4 is 11.5 Å². The molecular formula is C19H21NO. The molecule has 0 aliphatic carbocycles. The Balaban J connectivity index is 2.01. The molecule has 0 saturated heterocycles. The van der Waals surface area contributed by atoms with Crippen molar-refractivity contribution in [3.63, 3.8) is 0 Å². The number of aryl methyl sites for hydroxylation is 1. The van der Waals surface area contributed by atoms with Crippen LogP contribution in [-0.2, 0) is 0 Å². The van der Waals surface area contributed by atoms with Gasteiger partial charge in [-0.15, -0.1) is 0 Å². The molecule has 0 spiro atoms. The summed E-state index contributed by atoms with van der Waals surface area (Å²) in [6, 6.07) is 15.8. The zero-order chi connectivity index (χ0) is 15.2. The molecule has 0 unspecified atom stereocenters. The molecule has 0 amide bonds. The van der Waals surface area contributed by atoms with E-state index in [1.807, 2.05) is 55.5 Å². The molecular weight excluding hydrogens is 258 g/mol. The van der Waals surface area contributed by atoms with Gasteiger partial charge in [0.15, 0.2) is 5.78 Å². The van der Waals surface area contributed by atoms with Crippen molar-refractivity contribution in [3.8, 4) is 0 Å². The Kier molecular flexibility index (Phi) is 4.94. The molecule has 0 aromatic heterocycles. The topological polar surface area (TPSA) is 29.1 Å². The highest BCUT2D eigenvalue weighted by Crippen LogP contribution is 2.15. The lowest BCUT2D eigenvalue weighted by molar-refractivity contribution is 0.104. The van der Waals surface area contributed by atoms with Crippen molar-refractivity contribution in [2.45, 2.75) is 26.7 Å². The summed E-state index contributed by atoms with van der Waals surface area (Å²) in [5, 5.41) is 3.14. The Labute approximate surface area is 126 Å². The Bertz CT molecular complexity index is 639. The predicted octanol–water partition coefficient (Wildman–Crippen LogP) is 4.93. The fourth-order valence-corrected chi connectivity index (χ4v) is 2.07. The molecule has 2 nitrogen and oxygen atoms in total. The number of anilines is 1. The van der Waals surface area contributed by atoms with Crippen molar-refractivity contribution < 1.29 is 4.79 Å². The summed E-state index contributed by atoms with van der Waals surface area (Å²) in [6.07, 6.45) is 3.26. The van der Waals surface area contributed by atoms with Crippen molar-refractivity contribution in [1.29, 1.82) is 0 Å². The van der Waals surface area contributed by atoms with E-state index in [2.05, 4.69) is 19.2 Å². The summed E-state index contributed by atoms with van der Waals surface area (Å²) in [6.45, 7) is 6.31. The van der Waals surface area contributed by atoms with E-state index in [1.54, 1.807) is 12.3 Å². The highest BCUT2D eigenvalue weighted by molar-refractivity contribution is 6.04. The molecule has 0 saturated carbocycles. The Morgan fingerprint density at radius 2 is 1.71 bits per heavy atom. The maximum Gasteiger partial charge on any atom is 0.187 e. The first kappa shape index (κ1) is 15.0. The number of benzene rings is 2. The fourth-order valence-electron chi connectivity index (χ4n) is 2.07. The van der Waals surface area contributed by atoms with E-state index in [0.29, 0.717) is 11.5 Å². The Hall–Kier alpha value is -2.35. The molecule has 2 rings (SSSR count). The second-order valence-electron chi connectivity index (χ2n) is 5.43. The van der Waals surface area contributed by atoms with E-state index in [1.165, 1.54) is 5.56 Å². The van der Waals surface area contributed by atoms with Gasteiger partial charge in [-0.1, -0.05) is 56.3 Å². The van der Waals surface area contributed by atoms with Gasteiger partial charge in [-0.3, -0.25) is 4.79 Å². The highest BCUT2D eigenvalue weighted by Gasteiger charge is 2.03. The quantitative estimate of drug-likeness (QED) is 0.621. The molecule has 108 valence electrons. The average Bonchev–Trinajstić information content (AvgIpc) is 2.49. The smallest absolute Gasteiger partial charge is 0.187 e. The molecule has 2 aromatic rings. The van der Waals surface area contributed by atoms with Gasteiger partial charge in [-0.05, 0) is 30.0 Å². The van der Waals surface area contributed by atoms with Gasteiger partial charge in [-0.25, -0.2) is 0 Å². The molecule has 0 atom stereocenters. The van der Waals surface area contributed by atoms with Gasteiger partial charge in [0.05, 0.1) is 0 Å². The summed E-state index contributed by atoms with van der Waals surface area (Å²) in [7, 11) is 0. The van der Waals surface area contributed by atoms with Gasteiger partial charge in [-0.2, -0.15) is 0 Å². The van der Waals surface area contributed by atoms with Crippen molar-refractivity contribution in [2.24, 2.45) is 0 Å². The van der Waals surface area contributed by atoms with E-state index in [-0.39, 0.29) is 5.78 Å². The van der Waals surface area contributed by atoms with Crippen LogP contribution in [0.3, 0.4) is 0 Å². The summed E-state index contributed by atoms with van der Waals surface area (Å²) in [5.41, 5.74) is 4.11. The van der Waals surface area contributed by atoms with E-state index in [4.69, 9.17) is 0 Å². The maximum atomic E-state index is 12.1. The first-order valence-corrected chi connectivity index (χ1v) is 7.21. The zero-order valence-corrected chi connectivity index (χ0v) is 12.8. The van der Waals surface area contributed by atoms with Crippen molar-refractivity contribution in [1.82, 2.24) is 0 Å². The number of hydrogen-bond donors (Lipinski definition) is 1. The monoisotopic (exact) mass is 279 g/mol. The van der Waals surface area contributed by atoms with Crippen LogP contribution in [0.1, 0.15) is 41.3 Å². The Morgan fingerprint density at radius 3 is 2.33 bits per heavy atom. The minimum atomic E-state index is 0.00592. The van der Waals surface area contributed by atoms with Crippen LogP contribution in [0.15, 0.2) is 60.8 Å². The van der Waals surface area contributed by atoms with E-state index < -0.39 is 0 Å². The normalized spacial score (nSPS) is 11.0. The van der Waals surface area contributed by atoms with Gasteiger partial charge >= 0.3 is 0 Å². The van der Waals surface area contributed by atoms with E-state index in [0.717, 1.165) is 11.3 Å². The summed E-state index contributed by atoms with van der Waals surface area (Å²) in [4.78, 5) is 12.1. The number of carbonyl (C=O) groups excluding carboxylic acids is 1. The number of hydrogen-bond acceptors (Lipinski definition) is 2. The lowest BCUT2D eigenvalue weighted by Crippen LogP contribution is -1.98. The molecule has 0 heterocycles. The van der Waals surface area contributed by atoms with E-state index >= 15 is 0 Å². The number of rotatable bonds is 5. The Morgan fingerprint density at radius 1 is 1.05 bits per heavy atom. The standard InChI is InChI=1S/C19H21NO/c1-14(2)16-8-10-17(11-9-16)19(21)12-13-20-18-7-5-4-6-15(18)3/h4-14,20H,1-3H3. The van der Waals surface area contributed by atoms with Crippen LogP contribution < -0.4 is 5.32 Å². The highest BCUT2D eigenvalue weighted by atomic mass is 16.1. The minimum absolute atomic E-state index is 0.00592. The summed E-state index contributed by atoms with van der Waals surface area (Å²) < 4.78 is 0. The SMILES string of the molecule is Cc1ccccc1NC=CC(=O)c1ccc(C(C)C)cc1. The molecule has 0 aliphatic rings. The van der Waals surface area contributed by atoms with Crippen LogP contribution in [0.4, 0.5) is 5.69 Å². The average molecular weight is 279 g/mol. The van der Waals surface area contributed by atoms with Crippen LogP contribution in [0.2, 0.25) is 0 Å². The van der Waals surface area contributed by atoms with Crippen LogP contribution in [-0.4, -0.2) is 5.78 Å². The lowest BCUT2D eigenvalue weighted by atomic mass is 10.0. The number of carbonyl (C=O) groups is 1. The molecule has 0 aliphatic heterocycles. The van der Waals surface area contributed by atoms with Crippen LogP contribution in [0.5, 0.6) is 0 Å².